The van der Waals surface area contributed by atoms with Gasteiger partial charge in [0, 0.05) is 5.56 Å². The van der Waals surface area contributed by atoms with E-state index < -0.39 is 5.54 Å². The molecule has 0 atom stereocenters. The number of hydrogen-bond donors (Lipinski definition) is 1. The summed E-state index contributed by atoms with van der Waals surface area (Å²) in [6, 6.07) is 4.73. The molecule has 0 saturated heterocycles. The summed E-state index contributed by atoms with van der Waals surface area (Å²) in [4.78, 5) is 4.40. The predicted molar refractivity (Wildman–Crippen MR) is 81.0 cm³/mol. The minimum absolute atomic E-state index is 0.311. The lowest BCUT2D eigenvalue weighted by atomic mass is 9.91. The molecule has 21 heavy (non-hydrogen) atoms. The van der Waals surface area contributed by atoms with Crippen LogP contribution in [0, 0.1) is 5.82 Å². The number of nitrogens with zero attached hydrogens (tertiary/aromatic N) is 2. The average Bonchev–Trinajstić information content (AvgIpc) is 2.86. The van der Waals surface area contributed by atoms with E-state index >= 15 is 0 Å². The van der Waals surface area contributed by atoms with Crippen LogP contribution in [0.1, 0.15) is 44.3 Å². The highest BCUT2D eigenvalue weighted by molar-refractivity contribution is 9.10. The monoisotopic (exact) mass is 353 g/mol. The molecule has 0 unspecified atom stereocenters. The second kappa shape index (κ2) is 5.85. The van der Waals surface area contributed by atoms with Crippen molar-refractivity contribution in [2.45, 2.75) is 44.1 Å². The van der Waals surface area contributed by atoms with Gasteiger partial charge in [0.2, 0.25) is 0 Å². The van der Waals surface area contributed by atoms with Crippen LogP contribution in [0.15, 0.2) is 27.2 Å². The summed E-state index contributed by atoms with van der Waals surface area (Å²) in [5.41, 5.74) is 6.50. The third kappa shape index (κ3) is 3.01. The lowest BCUT2D eigenvalue weighted by molar-refractivity contribution is 0.334. The number of rotatable bonds is 2. The van der Waals surface area contributed by atoms with E-state index in [0.29, 0.717) is 21.8 Å². The third-order valence-corrected chi connectivity index (χ3v) is 4.68. The Morgan fingerprint density at radius 1 is 1.19 bits per heavy atom. The molecule has 6 heteroatoms. The van der Waals surface area contributed by atoms with Crippen LogP contribution in [0.2, 0.25) is 0 Å². The van der Waals surface area contributed by atoms with Crippen molar-refractivity contribution >= 4 is 15.9 Å². The van der Waals surface area contributed by atoms with E-state index in [4.69, 9.17) is 10.3 Å². The highest BCUT2D eigenvalue weighted by Crippen LogP contribution is 2.33. The molecular formula is C15H17BrFN3O. The van der Waals surface area contributed by atoms with Crippen molar-refractivity contribution in [1.82, 2.24) is 10.1 Å². The van der Waals surface area contributed by atoms with Gasteiger partial charge in [-0.15, -0.1) is 0 Å². The van der Waals surface area contributed by atoms with Crippen LogP contribution in [0.3, 0.4) is 0 Å². The number of hydrogen-bond acceptors (Lipinski definition) is 4. The van der Waals surface area contributed by atoms with Crippen molar-refractivity contribution < 1.29 is 8.91 Å². The van der Waals surface area contributed by atoms with Crippen LogP contribution >= 0.6 is 15.9 Å². The molecule has 1 aliphatic carbocycles. The summed E-state index contributed by atoms with van der Waals surface area (Å²) in [7, 11) is 0. The Balaban J connectivity index is 1.90. The van der Waals surface area contributed by atoms with Crippen molar-refractivity contribution in [3.8, 4) is 11.5 Å². The molecule has 0 radical (unpaired) electrons. The van der Waals surface area contributed by atoms with Gasteiger partial charge in [-0.25, -0.2) is 4.39 Å². The molecule has 0 spiro atoms. The van der Waals surface area contributed by atoms with E-state index in [1.165, 1.54) is 18.9 Å². The normalized spacial score (nSPS) is 18.4. The summed E-state index contributed by atoms with van der Waals surface area (Å²) in [5, 5.41) is 4.04. The molecule has 1 saturated carbocycles. The standard InChI is InChI=1S/C15H17BrFN3O/c16-11-6-5-10(9-12(11)17)13-19-14(20-21-13)15(18)7-3-1-2-4-8-15/h5-6,9H,1-4,7-8,18H2. The fraction of sp³-hybridized carbons (Fsp3) is 0.467. The van der Waals surface area contributed by atoms with Crippen molar-refractivity contribution in [2.75, 3.05) is 0 Å². The van der Waals surface area contributed by atoms with E-state index in [0.717, 1.165) is 25.7 Å². The number of aromatic nitrogens is 2. The Hall–Kier alpha value is -1.27. The summed E-state index contributed by atoms with van der Waals surface area (Å²) < 4.78 is 19.3. The Morgan fingerprint density at radius 2 is 1.90 bits per heavy atom. The molecule has 0 bridgehead atoms. The zero-order chi connectivity index (χ0) is 14.9. The topological polar surface area (TPSA) is 64.9 Å². The maximum Gasteiger partial charge on any atom is 0.258 e. The fourth-order valence-corrected chi connectivity index (χ4v) is 3.00. The minimum atomic E-state index is -0.522. The molecule has 3 rings (SSSR count). The third-order valence-electron chi connectivity index (χ3n) is 4.03. The van der Waals surface area contributed by atoms with Gasteiger partial charge >= 0.3 is 0 Å². The first-order valence-electron chi connectivity index (χ1n) is 7.17. The zero-order valence-corrected chi connectivity index (χ0v) is 13.2. The van der Waals surface area contributed by atoms with Crippen LogP contribution in [0.5, 0.6) is 0 Å². The van der Waals surface area contributed by atoms with E-state index in [-0.39, 0.29) is 5.82 Å². The molecule has 1 aromatic heterocycles. The summed E-state index contributed by atoms with van der Waals surface area (Å²) in [6.45, 7) is 0. The first-order valence-corrected chi connectivity index (χ1v) is 7.96. The van der Waals surface area contributed by atoms with E-state index in [1.807, 2.05) is 0 Å². The largest absolute Gasteiger partial charge is 0.334 e. The fourth-order valence-electron chi connectivity index (χ4n) is 2.76. The van der Waals surface area contributed by atoms with Gasteiger partial charge in [0.1, 0.15) is 5.82 Å². The highest BCUT2D eigenvalue weighted by atomic mass is 79.9. The van der Waals surface area contributed by atoms with Crippen molar-refractivity contribution in [1.29, 1.82) is 0 Å². The van der Waals surface area contributed by atoms with Crippen LogP contribution in [-0.2, 0) is 5.54 Å². The molecule has 4 nitrogen and oxygen atoms in total. The second-order valence-corrected chi connectivity index (χ2v) is 6.48. The maximum atomic E-state index is 13.6. The van der Waals surface area contributed by atoms with Gasteiger partial charge in [-0.1, -0.05) is 30.8 Å². The smallest absolute Gasteiger partial charge is 0.258 e. The van der Waals surface area contributed by atoms with Crippen LogP contribution < -0.4 is 5.73 Å². The highest BCUT2D eigenvalue weighted by Gasteiger charge is 2.33. The maximum absolute atomic E-state index is 13.6. The summed E-state index contributed by atoms with van der Waals surface area (Å²) >= 11 is 3.13. The SMILES string of the molecule is NC1(c2noc(-c3ccc(Br)c(F)c3)n2)CCCCCC1. The quantitative estimate of drug-likeness (QED) is 0.823. The first-order chi connectivity index (χ1) is 10.1. The molecule has 1 fully saturated rings. The van der Waals surface area contributed by atoms with Crippen LogP contribution in [-0.4, -0.2) is 10.1 Å². The Labute approximate surface area is 131 Å². The lowest BCUT2D eigenvalue weighted by Crippen LogP contribution is -2.37. The minimum Gasteiger partial charge on any atom is -0.334 e. The Kier molecular flexibility index (Phi) is 4.08. The van der Waals surface area contributed by atoms with E-state index in [2.05, 4.69) is 26.1 Å². The van der Waals surface area contributed by atoms with Gasteiger partial charge in [0.15, 0.2) is 5.82 Å². The van der Waals surface area contributed by atoms with Crippen molar-refractivity contribution in [3.63, 3.8) is 0 Å². The van der Waals surface area contributed by atoms with E-state index in [1.54, 1.807) is 12.1 Å². The molecule has 1 heterocycles. The number of benzene rings is 1. The molecule has 112 valence electrons. The van der Waals surface area contributed by atoms with Gasteiger partial charge in [-0.2, -0.15) is 4.98 Å². The van der Waals surface area contributed by atoms with Gasteiger partial charge in [0.25, 0.3) is 5.89 Å². The summed E-state index contributed by atoms with van der Waals surface area (Å²) in [6.07, 6.45) is 6.27. The van der Waals surface area contributed by atoms with Crippen LogP contribution in [0.25, 0.3) is 11.5 Å². The molecular weight excluding hydrogens is 337 g/mol. The second-order valence-electron chi connectivity index (χ2n) is 5.62. The number of nitrogens with two attached hydrogens (primary N) is 1. The van der Waals surface area contributed by atoms with Crippen molar-refractivity contribution in [3.05, 3.63) is 34.3 Å². The van der Waals surface area contributed by atoms with Gasteiger partial charge in [-0.05, 0) is 47.0 Å². The predicted octanol–water partition coefficient (Wildman–Crippen LogP) is 4.15. The number of halogens is 2. The Morgan fingerprint density at radius 3 is 2.57 bits per heavy atom. The van der Waals surface area contributed by atoms with Crippen molar-refractivity contribution in [2.24, 2.45) is 5.73 Å². The molecule has 0 amide bonds. The first kappa shape index (κ1) is 14.7. The molecule has 2 N–H and O–H groups in total. The van der Waals surface area contributed by atoms with Gasteiger partial charge < -0.3 is 10.3 Å². The summed E-state index contributed by atoms with van der Waals surface area (Å²) in [5.74, 6) is 0.484. The lowest BCUT2D eigenvalue weighted by Gasteiger charge is -2.23. The Bertz CT molecular complexity index is 636. The van der Waals surface area contributed by atoms with Crippen LogP contribution in [0.4, 0.5) is 4.39 Å². The zero-order valence-electron chi connectivity index (χ0n) is 11.6. The van der Waals surface area contributed by atoms with Gasteiger partial charge in [-0.3, -0.25) is 0 Å². The molecule has 0 aliphatic heterocycles. The molecule has 2 aromatic rings. The van der Waals surface area contributed by atoms with E-state index in [9.17, 15) is 4.39 Å². The molecule has 1 aromatic carbocycles. The van der Waals surface area contributed by atoms with Gasteiger partial charge in [0.05, 0.1) is 10.0 Å². The average molecular weight is 354 g/mol. The molecule has 1 aliphatic rings.